The van der Waals surface area contributed by atoms with Crippen LogP contribution in [-0.2, 0) is 11.4 Å². The first kappa shape index (κ1) is 21.2. The van der Waals surface area contributed by atoms with Crippen LogP contribution in [0.25, 0.3) is 0 Å². The van der Waals surface area contributed by atoms with Gasteiger partial charge in [-0.2, -0.15) is 0 Å². The molecule has 0 aliphatic carbocycles. The van der Waals surface area contributed by atoms with Gasteiger partial charge in [0, 0.05) is 42.2 Å². The van der Waals surface area contributed by atoms with Crippen molar-refractivity contribution in [3.05, 3.63) is 54.4 Å². The lowest BCUT2D eigenvalue weighted by atomic mass is 10.1. The number of rotatable bonds is 6. The van der Waals surface area contributed by atoms with Gasteiger partial charge in [0.05, 0.1) is 0 Å². The predicted molar refractivity (Wildman–Crippen MR) is 96.4 cm³/mol. The fourth-order valence-corrected chi connectivity index (χ4v) is 1.69. The number of anilines is 1. The van der Waals surface area contributed by atoms with Gasteiger partial charge in [-0.3, -0.25) is 9.78 Å². The van der Waals surface area contributed by atoms with Gasteiger partial charge >= 0.3 is 0 Å². The Morgan fingerprint density at radius 3 is 2.74 bits per heavy atom. The van der Waals surface area contributed by atoms with E-state index < -0.39 is 0 Å². The van der Waals surface area contributed by atoms with Crippen molar-refractivity contribution in [1.29, 1.82) is 0 Å². The first-order valence-corrected chi connectivity index (χ1v) is 6.81. The average molecular weight is 358 g/mol. The number of carbonyl (C=O) groups excluding carboxylic acids is 1. The predicted octanol–water partition coefficient (Wildman–Crippen LogP) is 3.04. The van der Waals surface area contributed by atoms with E-state index >= 15 is 0 Å². The third-order valence-electron chi connectivity index (χ3n) is 3.03. The summed E-state index contributed by atoms with van der Waals surface area (Å²) in [5, 5.41) is 2.82. The molecule has 1 unspecified atom stereocenters. The Kier molecular flexibility index (Phi) is 9.97. The lowest BCUT2D eigenvalue weighted by Crippen LogP contribution is -2.26. The van der Waals surface area contributed by atoms with E-state index in [1.165, 1.54) is 0 Å². The largest absolute Gasteiger partial charge is 0.489 e. The Morgan fingerprint density at radius 1 is 1.30 bits per heavy atom. The van der Waals surface area contributed by atoms with Crippen LogP contribution in [-0.4, -0.2) is 17.4 Å². The molecule has 3 N–H and O–H groups in total. The molecule has 1 aromatic heterocycles. The second-order valence-corrected chi connectivity index (χ2v) is 4.80. The summed E-state index contributed by atoms with van der Waals surface area (Å²) in [5.41, 5.74) is 7.16. The van der Waals surface area contributed by atoms with E-state index in [2.05, 4.69) is 10.3 Å². The van der Waals surface area contributed by atoms with E-state index in [1.807, 2.05) is 30.3 Å². The second kappa shape index (κ2) is 10.8. The van der Waals surface area contributed by atoms with Crippen molar-refractivity contribution in [2.45, 2.75) is 13.5 Å². The number of hydrogen-bond donors (Lipinski definition) is 2. The van der Waals surface area contributed by atoms with Crippen molar-refractivity contribution >= 4 is 36.4 Å². The monoisotopic (exact) mass is 357 g/mol. The molecular formula is C16H21Cl2N3O2. The van der Waals surface area contributed by atoms with Crippen LogP contribution in [0.3, 0.4) is 0 Å². The molecule has 0 aliphatic heterocycles. The van der Waals surface area contributed by atoms with Crippen LogP contribution in [0.5, 0.6) is 5.75 Å². The quantitative estimate of drug-likeness (QED) is 0.832. The molecule has 1 heterocycles. The molecular weight excluding hydrogens is 337 g/mol. The number of aromatic nitrogens is 1. The summed E-state index contributed by atoms with van der Waals surface area (Å²) in [7, 11) is 0. The number of pyridine rings is 1. The highest BCUT2D eigenvalue weighted by Gasteiger charge is 2.10. The van der Waals surface area contributed by atoms with Crippen molar-refractivity contribution in [3.63, 3.8) is 0 Å². The Bertz CT molecular complexity index is 597. The molecule has 7 heteroatoms. The summed E-state index contributed by atoms with van der Waals surface area (Å²) in [5.74, 6) is 0.379. The van der Waals surface area contributed by atoms with Crippen LogP contribution in [0.2, 0.25) is 0 Å². The van der Waals surface area contributed by atoms with Gasteiger partial charge in [0.15, 0.2) is 0 Å². The molecule has 5 nitrogen and oxygen atoms in total. The molecule has 0 radical (unpaired) electrons. The van der Waals surface area contributed by atoms with Gasteiger partial charge in [-0.1, -0.05) is 19.1 Å². The topological polar surface area (TPSA) is 77.2 Å². The number of nitrogens with one attached hydrogen (secondary N) is 1. The minimum atomic E-state index is -0.218. The Hall–Kier alpha value is -1.82. The first-order chi connectivity index (χ1) is 10.2. The zero-order valence-corrected chi connectivity index (χ0v) is 14.4. The molecule has 0 bridgehead atoms. The normalized spacial score (nSPS) is 10.7. The van der Waals surface area contributed by atoms with E-state index in [1.54, 1.807) is 25.4 Å². The molecule has 126 valence electrons. The fraction of sp³-hybridized carbons (Fsp3) is 0.250. The summed E-state index contributed by atoms with van der Waals surface area (Å²) in [6.07, 6.45) is 3.48. The van der Waals surface area contributed by atoms with Gasteiger partial charge in [0.25, 0.3) is 0 Å². The van der Waals surface area contributed by atoms with Gasteiger partial charge in [-0.25, -0.2) is 0 Å². The lowest BCUT2D eigenvalue weighted by molar-refractivity contribution is -0.119. The van der Waals surface area contributed by atoms with Crippen molar-refractivity contribution in [2.24, 2.45) is 11.7 Å². The third kappa shape index (κ3) is 6.86. The molecule has 0 fully saturated rings. The van der Waals surface area contributed by atoms with Crippen LogP contribution in [0.15, 0.2) is 48.8 Å². The molecule has 0 saturated carbocycles. The minimum Gasteiger partial charge on any atom is -0.489 e. The van der Waals surface area contributed by atoms with Crippen molar-refractivity contribution in [3.8, 4) is 5.75 Å². The molecule has 0 spiro atoms. The molecule has 1 amide bonds. The third-order valence-corrected chi connectivity index (χ3v) is 3.03. The molecule has 0 saturated heterocycles. The van der Waals surface area contributed by atoms with Crippen molar-refractivity contribution in [1.82, 2.24) is 4.98 Å². The lowest BCUT2D eigenvalue weighted by Gasteiger charge is -2.11. The van der Waals surface area contributed by atoms with Crippen LogP contribution in [0.4, 0.5) is 5.69 Å². The van der Waals surface area contributed by atoms with Crippen LogP contribution in [0.1, 0.15) is 12.5 Å². The molecule has 23 heavy (non-hydrogen) atoms. The smallest absolute Gasteiger partial charge is 0.228 e. The highest BCUT2D eigenvalue weighted by atomic mass is 35.5. The van der Waals surface area contributed by atoms with Gasteiger partial charge in [-0.05, 0) is 18.2 Å². The number of carbonyl (C=O) groups is 1. The Morgan fingerprint density at radius 2 is 2.09 bits per heavy atom. The highest BCUT2D eigenvalue weighted by molar-refractivity contribution is 5.92. The Labute approximate surface area is 148 Å². The zero-order chi connectivity index (χ0) is 15.1. The molecule has 2 aromatic rings. The number of benzene rings is 1. The molecule has 1 atom stereocenters. The van der Waals surface area contributed by atoms with Crippen molar-refractivity contribution in [2.75, 3.05) is 11.9 Å². The van der Waals surface area contributed by atoms with E-state index in [0.717, 1.165) is 5.56 Å². The number of nitrogens with two attached hydrogens (primary N) is 1. The maximum absolute atomic E-state index is 11.8. The fourth-order valence-electron chi connectivity index (χ4n) is 1.69. The Balaban J connectivity index is 0.00000242. The number of nitrogens with zero attached hydrogens (tertiary/aromatic N) is 1. The summed E-state index contributed by atoms with van der Waals surface area (Å²) in [6, 6.07) is 11.1. The second-order valence-electron chi connectivity index (χ2n) is 4.80. The van der Waals surface area contributed by atoms with Crippen LogP contribution in [0, 0.1) is 5.92 Å². The van der Waals surface area contributed by atoms with Gasteiger partial charge in [-0.15, -0.1) is 24.8 Å². The first-order valence-electron chi connectivity index (χ1n) is 6.81. The zero-order valence-electron chi connectivity index (χ0n) is 12.8. The SMILES string of the molecule is CC(CN)C(=O)Nc1cccc(OCc2cccnc2)c1.Cl.Cl. The highest BCUT2D eigenvalue weighted by Crippen LogP contribution is 2.19. The van der Waals surface area contributed by atoms with E-state index in [-0.39, 0.29) is 36.6 Å². The average Bonchev–Trinajstić information content (AvgIpc) is 2.53. The van der Waals surface area contributed by atoms with E-state index in [0.29, 0.717) is 24.6 Å². The standard InChI is InChI=1S/C16H19N3O2.2ClH/c1-12(9-17)16(20)19-14-5-2-6-15(8-14)21-11-13-4-3-7-18-10-13;;/h2-8,10,12H,9,11,17H2,1H3,(H,19,20);2*1H. The maximum atomic E-state index is 11.8. The molecule has 2 rings (SSSR count). The number of halogens is 2. The number of hydrogen-bond acceptors (Lipinski definition) is 4. The maximum Gasteiger partial charge on any atom is 0.228 e. The number of amides is 1. The van der Waals surface area contributed by atoms with Crippen LogP contribution < -0.4 is 15.8 Å². The van der Waals surface area contributed by atoms with Crippen molar-refractivity contribution < 1.29 is 9.53 Å². The summed E-state index contributed by atoms with van der Waals surface area (Å²) in [6.45, 7) is 2.55. The van der Waals surface area contributed by atoms with Gasteiger partial charge in [0.1, 0.15) is 12.4 Å². The van der Waals surface area contributed by atoms with Gasteiger partial charge < -0.3 is 15.8 Å². The van der Waals surface area contributed by atoms with Gasteiger partial charge in [0.2, 0.25) is 5.91 Å². The molecule has 1 aromatic carbocycles. The number of ether oxygens (including phenoxy) is 1. The summed E-state index contributed by atoms with van der Waals surface area (Å²) < 4.78 is 5.69. The summed E-state index contributed by atoms with van der Waals surface area (Å²) in [4.78, 5) is 15.8. The molecule has 0 aliphatic rings. The summed E-state index contributed by atoms with van der Waals surface area (Å²) >= 11 is 0. The minimum absolute atomic E-state index is 0. The van der Waals surface area contributed by atoms with Crippen LogP contribution >= 0.6 is 24.8 Å². The van der Waals surface area contributed by atoms with E-state index in [9.17, 15) is 4.79 Å². The van der Waals surface area contributed by atoms with E-state index in [4.69, 9.17) is 10.5 Å².